The molecule has 0 bridgehead atoms. The lowest BCUT2D eigenvalue weighted by Crippen LogP contribution is -1.96. The van der Waals surface area contributed by atoms with E-state index in [1.54, 1.807) is 12.1 Å². The monoisotopic (exact) mass is 250 g/mol. The highest BCUT2D eigenvalue weighted by Gasteiger charge is 2.15. The molecule has 18 heavy (non-hydrogen) atoms. The standard InChI is InChI=1S/C12H14N2O4/c1-3-17-10-5-7(4-9(15)12(10)16-2)8-6-11(13)18-14-8/h4-6,15H,3,13H2,1-2H3. The summed E-state index contributed by atoms with van der Waals surface area (Å²) in [7, 11) is 1.46. The lowest BCUT2D eigenvalue weighted by Gasteiger charge is -2.11. The fourth-order valence-corrected chi connectivity index (χ4v) is 1.63. The molecule has 0 fully saturated rings. The molecule has 2 aromatic rings. The third kappa shape index (κ3) is 2.17. The van der Waals surface area contributed by atoms with Gasteiger partial charge in [-0.15, -0.1) is 0 Å². The minimum Gasteiger partial charge on any atom is -0.504 e. The Hall–Kier alpha value is -2.37. The molecule has 0 aliphatic rings. The Bertz CT molecular complexity index is 551. The van der Waals surface area contributed by atoms with E-state index in [1.807, 2.05) is 6.92 Å². The average Bonchev–Trinajstić information content (AvgIpc) is 2.76. The first-order valence-electron chi connectivity index (χ1n) is 5.42. The summed E-state index contributed by atoms with van der Waals surface area (Å²) in [4.78, 5) is 0. The molecule has 0 saturated heterocycles. The van der Waals surface area contributed by atoms with E-state index in [4.69, 9.17) is 19.7 Å². The van der Waals surface area contributed by atoms with Gasteiger partial charge in [-0.3, -0.25) is 0 Å². The van der Waals surface area contributed by atoms with Crippen LogP contribution in [0.5, 0.6) is 17.2 Å². The largest absolute Gasteiger partial charge is 0.504 e. The number of ether oxygens (including phenoxy) is 2. The maximum Gasteiger partial charge on any atom is 0.222 e. The molecule has 1 heterocycles. The summed E-state index contributed by atoms with van der Waals surface area (Å²) in [5.74, 6) is 0.909. The van der Waals surface area contributed by atoms with Gasteiger partial charge in [0.1, 0.15) is 5.69 Å². The predicted octanol–water partition coefficient (Wildman–Crippen LogP) is 2.04. The van der Waals surface area contributed by atoms with Crippen LogP contribution in [0.2, 0.25) is 0 Å². The van der Waals surface area contributed by atoms with Crippen molar-refractivity contribution in [3.8, 4) is 28.5 Å². The second-order valence-electron chi connectivity index (χ2n) is 3.57. The van der Waals surface area contributed by atoms with Crippen molar-refractivity contribution >= 4 is 5.88 Å². The number of nitrogens with two attached hydrogens (primary N) is 1. The molecular formula is C12H14N2O4. The van der Waals surface area contributed by atoms with Crippen LogP contribution in [0.3, 0.4) is 0 Å². The van der Waals surface area contributed by atoms with Crippen molar-refractivity contribution in [2.75, 3.05) is 19.5 Å². The van der Waals surface area contributed by atoms with Crippen molar-refractivity contribution < 1.29 is 19.1 Å². The zero-order chi connectivity index (χ0) is 13.1. The maximum absolute atomic E-state index is 9.87. The van der Waals surface area contributed by atoms with E-state index < -0.39 is 0 Å². The van der Waals surface area contributed by atoms with E-state index in [-0.39, 0.29) is 17.4 Å². The summed E-state index contributed by atoms with van der Waals surface area (Å²) < 4.78 is 15.3. The summed E-state index contributed by atoms with van der Waals surface area (Å²) in [6, 6.07) is 4.79. The molecule has 0 aliphatic heterocycles. The molecule has 0 aliphatic carbocycles. The number of hydrogen-bond donors (Lipinski definition) is 2. The Morgan fingerprint density at radius 3 is 2.72 bits per heavy atom. The van der Waals surface area contributed by atoms with Crippen molar-refractivity contribution in [3.05, 3.63) is 18.2 Å². The first kappa shape index (κ1) is 12.1. The number of hydrogen-bond acceptors (Lipinski definition) is 6. The minimum atomic E-state index is -0.0278. The van der Waals surface area contributed by atoms with Gasteiger partial charge in [0, 0.05) is 11.6 Å². The van der Waals surface area contributed by atoms with Gasteiger partial charge in [-0.1, -0.05) is 5.16 Å². The highest BCUT2D eigenvalue weighted by Crippen LogP contribution is 2.40. The van der Waals surface area contributed by atoms with Crippen molar-refractivity contribution in [1.82, 2.24) is 5.16 Å². The van der Waals surface area contributed by atoms with Crippen LogP contribution in [-0.4, -0.2) is 24.0 Å². The molecule has 1 aromatic carbocycles. The minimum absolute atomic E-state index is 0.0278. The van der Waals surface area contributed by atoms with Gasteiger partial charge >= 0.3 is 0 Å². The molecule has 1 aromatic heterocycles. The SMILES string of the molecule is CCOc1cc(-c2cc(N)on2)cc(O)c1OC. The molecule has 6 nitrogen and oxygen atoms in total. The average molecular weight is 250 g/mol. The van der Waals surface area contributed by atoms with Gasteiger partial charge in [-0.25, -0.2) is 0 Å². The molecule has 0 atom stereocenters. The van der Waals surface area contributed by atoms with Gasteiger partial charge in [0.2, 0.25) is 11.6 Å². The lowest BCUT2D eigenvalue weighted by molar-refractivity contribution is 0.300. The van der Waals surface area contributed by atoms with Crippen molar-refractivity contribution in [3.63, 3.8) is 0 Å². The second kappa shape index (κ2) is 4.87. The topological polar surface area (TPSA) is 90.7 Å². The molecule has 0 unspecified atom stereocenters. The zero-order valence-corrected chi connectivity index (χ0v) is 10.1. The van der Waals surface area contributed by atoms with E-state index in [1.165, 1.54) is 13.2 Å². The van der Waals surface area contributed by atoms with Gasteiger partial charge < -0.3 is 24.8 Å². The lowest BCUT2D eigenvalue weighted by atomic mass is 10.1. The van der Waals surface area contributed by atoms with Crippen LogP contribution in [0, 0.1) is 0 Å². The van der Waals surface area contributed by atoms with E-state index >= 15 is 0 Å². The predicted molar refractivity (Wildman–Crippen MR) is 65.7 cm³/mol. The molecule has 2 rings (SSSR count). The number of anilines is 1. The fourth-order valence-electron chi connectivity index (χ4n) is 1.63. The fraction of sp³-hybridized carbons (Fsp3) is 0.250. The van der Waals surface area contributed by atoms with Gasteiger partial charge in [0.15, 0.2) is 11.5 Å². The van der Waals surface area contributed by atoms with Gasteiger partial charge in [0.25, 0.3) is 0 Å². The Morgan fingerprint density at radius 1 is 1.39 bits per heavy atom. The molecule has 0 spiro atoms. The first-order valence-corrected chi connectivity index (χ1v) is 5.42. The van der Waals surface area contributed by atoms with Gasteiger partial charge in [-0.05, 0) is 19.1 Å². The van der Waals surface area contributed by atoms with Gasteiger partial charge in [0.05, 0.1) is 13.7 Å². The number of nitrogen functional groups attached to an aromatic ring is 1. The number of rotatable bonds is 4. The molecule has 96 valence electrons. The number of methoxy groups -OCH3 is 1. The first-order chi connectivity index (χ1) is 8.65. The van der Waals surface area contributed by atoms with Crippen LogP contribution in [0.4, 0.5) is 5.88 Å². The summed E-state index contributed by atoms with van der Waals surface area (Å²) in [5.41, 5.74) is 6.62. The van der Waals surface area contributed by atoms with Crippen molar-refractivity contribution in [2.45, 2.75) is 6.92 Å². The normalized spacial score (nSPS) is 10.3. The van der Waals surface area contributed by atoms with Crippen molar-refractivity contribution in [2.24, 2.45) is 0 Å². The molecule has 3 N–H and O–H groups in total. The number of benzene rings is 1. The van der Waals surface area contributed by atoms with E-state index in [0.717, 1.165) is 0 Å². The second-order valence-corrected chi connectivity index (χ2v) is 3.57. The van der Waals surface area contributed by atoms with Crippen LogP contribution in [0.15, 0.2) is 22.7 Å². The Labute approximate surface area is 104 Å². The summed E-state index contributed by atoms with van der Waals surface area (Å²) in [6.07, 6.45) is 0. The smallest absolute Gasteiger partial charge is 0.222 e. The quantitative estimate of drug-likeness (QED) is 0.862. The number of nitrogens with zero attached hydrogens (tertiary/aromatic N) is 1. The maximum atomic E-state index is 9.87. The van der Waals surface area contributed by atoms with Crippen LogP contribution in [-0.2, 0) is 0 Å². The molecule has 0 radical (unpaired) electrons. The van der Waals surface area contributed by atoms with E-state index in [2.05, 4.69) is 5.16 Å². The molecular weight excluding hydrogens is 236 g/mol. The Morgan fingerprint density at radius 2 is 2.17 bits per heavy atom. The number of phenols is 1. The van der Waals surface area contributed by atoms with Gasteiger partial charge in [-0.2, -0.15) is 0 Å². The highest BCUT2D eigenvalue weighted by atomic mass is 16.5. The molecule has 0 amide bonds. The van der Waals surface area contributed by atoms with E-state index in [9.17, 15) is 5.11 Å². The summed E-state index contributed by atoms with van der Waals surface area (Å²) in [5, 5.41) is 13.6. The van der Waals surface area contributed by atoms with Crippen molar-refractivity contribution in [1.29, 1.82) is 0 Å². The Kier molecular flexibility index (Phi) is 3.27. The number of aromatic nitrogens is 1. The van der Waals surface area contributed by atoms with Crippen LogP contribution in [0.1, 0.15) is 6.92 Å². The third-order valence-corrected chi connectivity index (χ3v) is 2.36. The van der Waals surface area contributed by atoms with Crippen LogP contribution in [0.25, 0.3) is 11.3 Å². The number of phenolic OH excluding ortho intramolecular Hbond substituents is 1. The molecule has 0 saturated carbocycles. The molecule has 6 heteroatoms. The highest BCUT2D eigenvalue weighted by molar-refractivity contribution is 5.69. The number of aromatic hydroxyl groups is 1. The summed E-state index contributed by atoms with van der Waals surface area (Å²) >= 11 is 0. The summed E-state index contributed by atoms with van der Waals surface area (Å²) in [6.45, 7) is 2.30. The Balaban J connectivity index is 2.50. The zero-order valence-electron chi connectivity index (χ0n) is 10.1. The van der Waals surface area contributed by atoms with E-state index in [0.29, 0.717) is 23.6 Å². The third-order valence-electron chi connectivity index (χ3n) is 2.36. The van der Waals surface area contributed by atoms with Crippen LogP contribution >= 0.6 is 0 Å². The van der Waals surface area contributed by atoms with Crippen LogP contribution < -0.4 is 15.2 Å².